The van der Waals surface area contributed by atoms with E-state index in [4.69, 9.17) is 10.5 Å². The summed E-state index contributed by atoms with van der Waals surface area (Å²) in [5.41, 5.74) is 8.49. The molecule has 1 aromatic rings. The second-order valence-corrected chi connectivity index (χ2v) is 5.47. The summed E-state index contributed by atoms with van der Waals surface area (Å²) < 4.78 is 4.93. The van der Waals surface area contributed by atoms with Gasteiger partial charge in [-0.2, -0.15) is 0 Å². The molecular formula is C16H24N2O2. The van der Waals surface area contributed by atoms with Gasteiger partial charge < -0.3 is 15.8 Å². The van der Waals surface area contributed by atoms with Crippen LogP contribution in [0.3, 0.4) is 0 Å². The fraction of sp³-hybridized carbons (Fsp3) is 0.562. The van der Waals surface area contributed by atoms with Gasteiger partial charge in [-0.15, -0.1) is 0 Å². The summed E-state index contributed by atoms with van der Waals surface area (Å²) in [5.74, 6) is 0.476. The van der Waals surface area contributed by atoms with Crippen molar-refractivity contribution in [2.24, 2.45) is 0 Å². The van der Waals surface area contributed by atoms with Crippen LogP contribution in [-0.4, -0.2) is 26.2 Å². The molecule has 4 nitrogen and oxygen atoms in total. The highest BCUT2D eigenvalue weighted by molar-refractivity contribution is 5.95. The van der Waals surface area contributed by atoms with E-state index >= 15 is 0 Å². The Balaban J connectivity index is 2.09. The number of ether oxygens (including phenoxy) is 1. The Morgan fingerprint density at radius 1 is 1.30 bits per heavy atom. The molecule has 3 N–H and O–H groups in total. The van der Waals surface area contributed by atoms with Crippen molar-refractivity contribution in [1.29, 1.82) is 0 Å². The molecule has 0 spiro atoms. The van der Waals surface area contributed by atoms with Gasteiger partial charge >= 0.3 is 0 Å². The number of nitrogen functional groups attached to an aromatic ring is 1. The molecule has 110 valence electrons. The number of rotatable bonds is 5. The maximum absolute atomic E-state index is 12.1. The zero-order valence-corrected chi connectivity index (χ0v) is 12.2. The van der Waals surface area contributed by atoms with Gasteiger partial charge in [-0.3, -0.25) is 4.79 Å². The molecule has 0 atom stereocenters. The zero-order valence-electron chi connectivity index (χ0n) is 12.2. The molecule has 2 rings (SSSR count). The Bertz CT molecular complexity index is 454. The van der Waals surface area contributed by atoms with Crippen LogP contribution in [0.5, 0.6) is 0 Å². The average Bonchev–Trinajstić information content (AvgIpc) is 2.47. The van der Waals surface area contributed by atoms with Crippen molar-refractivity contribution in [2.75, 3.05) is 26.0 Å². The van der Waals surface area contributed by atoms with E-state index in [9.17, 15) is 4.79 Å². The second kappa shape index (κ2) is 7.29. The van der Waals surface area contributed by atoms with Crippen LogP contribution in [-0.2, 0) is 4.74 Å². The largest absolute Gasteiger partial charge is 0.399 e. The Morgan fingerprint density at radius 3 is 2.75 bits per heavy atom. The Labute approximate surface area is 120 Å². The molecule has 0 bridgehead atoms. The molecule has 1 fully saturated rings. The van der Waals surface area contributed by atoms with Crippen molar-refractivity contribution in [2.45, 2.75) is 38.0 Å². The third-order valence-electron chi connectivity index (χ3n) is 3.91. The number of amides is 1. The number of methoxy groups -OCH3 is 1. The fourth-order valence-corrected chi connectivity index (χ4v) is 2.85. The highest BCUT2D eigenvalue weighted by Gasteiger charge is 2.17. The molecule has 1 saturated carbocycles. The van der Waals surface area contributed by atoms with Crippen LogP contribution in [0, 0.1) is 0 Å². The van der Waals surface area contributed by atoms with Crippen molar-refractivity contribution >= 4 is 11.6 Å². The van der Waals surface area contributed by atoms with Crippen LogP contribution in [0.1, 0.15) is 53.9 Å². The first-order valence-corrected chi connectivity index (χ1v) is 7.38. The first kappa shape index (κ1) is 14.9. The molecule has 1 amide bonds. The van der Waals surface area contributed by atoms with Gasteiger partial charge in [0.15, 0.2) is 0 Å². The molecule has 0 unspecified atom stereocenters. The predicted molar refractivity (Wildman–Crippen MR) is 80.9 cm³/mol. The van der Waals surface area contributed by atoms with Gasteiger partial charge in [-0.1, -0.05) is 19.3 Å². The maximum Gasteiger partial charge on any atom is 0.251 e. The molecule has 0 radical (unpaired) electrons. The number of carbonyl (C=O) groups is 1. The Kier molecular flexibility index (Phi) is 5.41. The van der Waals surface area contributed by atoms with E-state index in [0.717, 1.165) is 0 Å². The number of hydrogen-bond acceptors (Lipinski definition) is 3. The lowest BCUT2D eigenvalue weighted by Crippen LogP contribution is -2.27. The van der Waals surface area contributed by atoms with Gasteiger partial charge in [0.2, 0.25) is 0 Å². The van der Waals surface area contributed by atoms with Crippen molar-refractivity contribution in [3.8, 4) is 0 Å². The number of carbonyl (C=O) groups excluding carboxylic acids is 1. The molecule has 0 aromatic heterocycles. The molecule has 1 aliphatic carbocycles. The number of benzene rings is 1. The van der Waals surface area contributed by atoms with Crippen LogP contribution in [0.15, 0.2) is 18.2 Å². The highest BCUT2D eigenvalue weighted by atomic mass is 16.5. The molecule has 1 aromatic carbocycles. The van der Waals surface area contributed by atoms with Crippen molar-refractivity contribution < 1.29 is 9.53 Å². The number of nitrogens with two attached hydrogens (primary N) is 1. The second-order valence-electron chi connectivity index (χ2n) is 5.47. The van der Waals surface area contributed by atoms with Crippen LogP contribution in [0.25, 0.3) is 0 Å². The monoisotopic (exact) mass is 276 g/mol. The topological polar surface area (TPSA) is 64.3 Å². The van der Waals surface area contributed by atoms with E-state index in [0.29, 0.717) is 30.3 Å². The summed E-state index contributed by atoms with van der Waals surface area (Å²) in [7, 11) is 1.62. The lowest BCUT2D eigenvalue weighted by atomic mass is 9.83. The summed E-state index contributed by atoms with van der Waals surface area (Å²) in [5, 5.41) is 2.84. The quantitative estimate of drug-likeness (QED) is 0.642. The van der Waals surface area contributed by atoms with E-state index in [1.54, 1.807) is 13.2 Å². The van der Waals surface area contributed by atoms with Crippen LogP contribution >= 0.6 is 0 Å². The molecule has 4 heteroatoms. The highest BCUT2D eigenvalue weighted by Crippen LogP contribution is 2.33. The first-order chi connectivity index (χ1) is 9.70. The SMILES string of the molecule is COCCNC(=O)c1cc(N)cc(C2CCCCC2)c1. The summed E-state index contributed by atoms with van der Waals surface area (Å²) in [6, 6.07) is 5.75. The minimum atomic E-state index is -0.0774. The van der Waals surface area contributed by atoms with Crippen LogP contribution in [0.2, 0.25) is 0 Å². The standard InChI is InChI=1S/C16H24N2O2/c1-20-8-7-18-16(19)14-9-13(10-15(17)11-14)12-5-3-2-4-6-12/h9-12H,2-8,17H2,1H3,(H,18,19). The lowest BCUT2D eigenvalue weighted by Gasteiger charge is -2.22. The van der Waals surface area contributed by atoms with Crippen molar-refractivity contribution in [3.63, 3.8) is 0 Å². The lowest BCUT2D eigenvalue weighted by molar-refractivity contribution is 0.0937. The minimum absolute atomic E-state index is 0.0774. The van der Waals surface area contributed by atoms with E-state index in [1.807, 2.05) is 12.1 Å². The van der Waals surface area contributed by atoms with E-state index in [2.05, 4.69) is 5.32 Å². The third kappa shape index (κ3) is 3.97. The fourth-order valence-electron chi connectivity index (χ4n) is 2.85. The number of nitrogens with one attached hydrogen (secondary N) is 1. The first-order valence-electron chi connectivity index (χ1n) is 7.38. The minimum Gasteiger partial charge on any atom is -0.399 e. The molecule has 0 saturated heterocycles. The number of hydrogen-bond donors (Lipinski definition) is 2. The molecular weight excluding hydrogens is 252 g/mol. The van der Waals surface area contributed by atoms with Gasteiger partial charge in [-0.05, 0) is 42.5 Å². The third-order valence-corrected chi connectivity index (χ3v) is 3.91. The molecule has 0 aliphatic heterocycles. The Morgan fingerprint density at radius 2 is 2.05 bits per heavy atom. The summed E-state index contributed by atoms with van der Waals surface area (Å²) in [6.45, 7) is 1.03. The maximum atomic E-state index is 12.1. The van der Waals surface area contributed by atoms with E-state index in [-0.39, 0.29) is 5.91 Å². The zero-order chi connectivity index (χ0) is 14.4. The molecule has 1 aliphatic rings. The van der Waals surface area contributed by atoms with Gasteiger partial charge in [-0.25, -0.2) is 0 Å². The van der Waals surface area contributed by atoms with Crippen molar-refractivity contribution in [1.82, 2.24) is 5.32 Å². The molecule has 0 heterocycles. The normalized spacial score (nSPS) is 16.1. The predicted octanol–water partition coefficient (Wildman–Crippen LogP) is 2.69. The van der Waals surface area contributed by atoms with Crippen LogP contribution < -0.4 is 11.1 Å². The summed E-state index contributed by atoms with van der Waals surface area (Å²) >= 11 is 0. The van der Waals surface area contributed by atoms with Crippen molar-refractivity contribution in [3.05, 3.63) is 29.3 Å². The van der Waals surface area contributed by atoms with Gasteiger partial charge in [0.25, 0.3) is 5.91 Å². The Hall–Kier alpha value is -1.55. The molecule has 20 heavy (non-hydrogen) atoms. The van der Waals surface area contributed by atoms with E-state index in [1.165, 1.54) is 37.7 Å². The smallest absolute Gasteiger partial charge is 0.251 e. The average molecular weight is 276 g/mol. The van der Waals surface area contributed by atoms with E-state index < -0.39 is 0 Å². The van der Waals surface area contributed by atoms with Gasteiger partial charge in [0.1, 0.15) is 0 Å². The van der Waals surface area contributed by atoms with Gasteiger partial charge in [0.05, 0.1) is 6.61 Å². The summed E-state index contributed by atoms with van der Waals surface area (Å²) in [4.78, 5) is 12.1. The van der Waals surface area contributed by atoms with Crippen LogP contribution in [0.4, 0.5) is 5.69 Å². The van der Waals surface area contributed by atoms with Gasteiger partial charge in [0, 0.05) is 24.9 Å². The summed E-state index contributed by atoms with van der Waals surface area (Å²) in [6.07, 6.45) is 6.27. The number of anilines is 1.